The Balaban J connectivity index is 2.92. The van der Waals surface area contributed by atoms with Crippen LogP contribution in [0.25, 0.3) is 0 Å². The maximum Gasteiger partial charge on any atom is 0.181 e. The van der Waals surface area contributed by atoms with Crippen molar-refractivity contribution in [2.45, 2.75) is 38.8 Å². The minimum atomic E-state index is -0.558. The number of ether oxygens (including phenoxy) is 1. The third-order valence-electron chi connectivity index (χ3n) is 2.51. The van der Waals surface area contributed by atoms with Gasteiger partial charge in [-0.15, -0.1) is 0 Å². The fourth-order valence-corrected chi connectivity index (χ4v) is 1.47. The van der Waals surface area contributed by atoms with Gasteiger partial charge < -0.3 is 10.5 Å². The molecule has 0 heterocycles. The molecule has 0 saturated heterocycles. The first kappa shape index (κ1) is 13.5. The minimum Gasteiger partial charge on any atom is -0.476 e. The number of benzene rings is 1. The van der Waals surface area contributed by atoms with Crippen molar-refractivity contribution in [3.05, 3.63) is 29.6 Å². The summed E-state index contributed by atoms with van der Waals surface area (Å²) in [5, 5.41) is 8.70. The molecule has 1 aromatic carbocycles. The zero-order valence-electron chi connectivity index (χ0n) is 10.1. The largest absolute Gasteiger partial charge is 0.476 e. The van der Waals surface area contributed by atoms with E-state index in [4.69, 9.17) is 15.7 Å². The first-order chi connectivity index (χ1) is 8.06. The van der Waals surface area contributed by atoms with Gasteiger partial charge in [0.15, 0.2) is 6.10 Å². The highest BCUT2D eigenvalue weighted by Gasteiger charge is 2.11. The first-order valence-corrected chi connectivity index (χ1v) is 5.67. The van der Waals surface area contributed by atoms with E-state index in [0.717, 1.165) is 6.42 Å². The molecule has 0 radical (unpaired) electrons. The van der Waals surface area contributed by atoms with Gasteiger partial charge in [-0.1, -0.05) is 6.92 Å². The van der Waals surface area contributed by atoms with Crippen molar-refractivity contribution in [2.75, 3.05) is 0 Å². The lowest BCUT2D eigenvalue weighted by Crippen LogP contribution is -2.22. The molecule has 0 fully saturated rings. The molecular weight excluding hydrogens is 219 g/mol. The van der Waals surface area contributed by atoms with Gasteiger partial charge in [-0.2, -0.15) is 5.26 Å². The van der Waals surface area contributed by atoms with Crippen molar-refractivity contribution < 1.29 is 9.13 Å². The van der Waals surface area contributed by atoms with E-state index in [1.165, 1.54) is 12.1 Å². The summed E-state index contributed by atoms with van der Waals surface area (Å²) in [7, 11) is 0. The third-order valence-corrected chi connectivity index (χ3v) is 2.51. The van der Waals surface area contributed by atoms with Crippen molar-refractivity contribution in [3.63, 3.8) is 0 Å². The van der Waals surface area contributed by atoms with Crippen LogP contribution in [0.1, 0.15) is 25.8 Å². The zero-order chi connectivity index (χ0) is 12.8. The molecule has 2 unspecified atom stereocenters. The van der Waals surface area contributed by atoms with Gasteiger partial charge in [0.25, 0.3) is 0 Å². The quantitative estimate of drug-likeness (QED) is 0.854. The summed E-state index contributed by atoms with van der Waals surface area (Å²) in [6, 6.07) is 6.22. The number of hydrogen-bond donors (Lipinski definition) is 1. The van der Waals surface area contributed by atoms with Gasteiger partial charge in [0.1, 0.15) is 17.6 Å². The molecule has 0 bridgehead atoms. The van der Waals surface area contributed by atoms with Gasteiger partial charge in [0.2, 0.25) is 0 Å². The van der Waals surface area contributed by atoms with Crippen LogP contribution >= 0.6 is 0 Å². The summed E-state index contributed by atoms with van der Waals surface area (Å²) in [6.45, 7) is 3.62. The Bertz CT molecular complexity index is 414. The van der Waals surface area contributed by atoms with Gasteiger partial charge in [-0.25, -0.2) is 4.39 Å². The SMILES string of the molecule is CCC(N)Cc1cc(F)ccc1OC(C)C#N. The molecule has 92 valence electrons. The van der Waals surface area contributed by atoms with Crippen LogP contribution in [0.3, 0.4) is 0 Å². The number of hydrogen-bond acceptors (Lipinski definition) is 3. The molecule has 2 atom stereocenters. The lowest BCUT2D eigenvalue weighted by atomic mass is 10.0. The Morgan fingerprint density at radius 2 is 2.24 bits per heavy atom. The third kappa shape index (κ3) is 4.04. The Morgan fingerprint density at radius 3 is 2.82 bits per heavy atom. The van der Waals surface area contributed by atoms with E-state index in [1.807, 2.05) is 13.0 Å². The Kier molecular flexibility index (Phi) is 4.92. The normalized spacial score (nSPS) is 13.8. The fourth-order valence-electron chi connectivity index (χ4n) is 1.47. The molecule has 17 heavy (non-hydrogen) atoms. The molecule has 0 amide bonds. The monoisotopic (exact) mass is 236 g/mol. The van der Waals surface area contributed by atoms with E-state index in [9.17, 15) is 4.39 Å². The van der Waals surface area contributed by atoms with Crippen LogP contribution in [0, 0.1) is 17.1 Å². The molecule has 0 aromatic heterocycles. The molecule has 3 nitrogen and oxygen atoms in total. The van der Waals surface area contributed by atoms with E-state index in [-0.39, 0.29) is 11.9 Å². The topological polar surface area (TPSA) is 59.0 Å². The van der Waals surface area contributed by atoms with Crippen LogP contribution in [0.15, 0.2) is 18.2 Å². The number of halogens is 1. The van der Waals surface area contributed by atoms with Crippen LogP contribution in [0.5, 0.6) is 5.75 Å². The van der Waals surface area contributed by atoms with E-state index in [0.29, 0.717) is 17.7 Å². The lowest BCUT2D eigenvalue weighted by Gasteiger charge is -2.15. The maximum atomic E-state index is 13.2. The van der Waals surface area contributed by atoms with E-state index in [2.05, 4.69) is 0 Å². The van der Waals surface area contributed by atoms with Crippen molar-refractivity contribution in [1.29, 1.82) is 5.26 Å². The highest BCUT2D eigenvalue weighted by molar-refractivity contribution is 5.35. The van der Waals surface area contributed by atoms with Crippen LogP contribution in [0.2, 0.25) is 0 Å². The van der Waals surface area contributed by atoms with Crippen LogP contribution < -0.4 is 10.5 Å². The van der Waals surface area contributed by atoms with E-state index >= 15 is 0 Å². The summed E-state index contributed by atoms with van der Waals surface area (Å²) >= 11 is 0. The van der Waals surface area contributed by atoms with E-state index < -0.39 is 6.10 Å². The highest BCUT2D eigenvalue weighted by Crippen LogP contribution is 2.22. The fraction of sp³-hybridized carbons (Fsp3) is 0.462. The predicted molar refractivity (Wildman–Crippen MR) is 64.1 cm³/mol. The molecule has 1 aromatic rings. The molecule has 0 aliphatic heterocycles. The van der Waals surface area contributed by atoms with Gasteiger partial charge >= 0.3 is 0 Å². The second-order valence-corrected chi connectivity index (χ2v) is 4.01. The van der Waals surface area contributed by atoms with E-state index in [1.54, 1.807) is 13.0 Å². The van der Waals surface area contributed by atoms with Gasteiger partial charge in [-0.05, 0) is 43.5 Å². The molecule has 0 saturated carbocycles. The maximum absolute atomic E-state index is 13.2. The summed E-state index contributed by atoms with van der Waals surface area (Å²) in [6.07, 6.45) is 0.794. The second-order valence-electron chi connectivity index (χ2n) is 4.01. The number of nitriles is 1. The molecule has 0 aliphatic rings. The Labute approximate surface area is 101 Å². The number of nitrogens with zero attached hydrogens (tertiary/aromatic N) is 1. The van der Waals surface area contributed by atoms with Crippen molar-refractivity contribution in [3.8, 4) is 11.8 Å². The summed E-state index contributed by atoms with van der Waals surface area (Å²) in [5.41, 5.74) is 6.55. The predicted octanol–water partition coefficient (Wildman–Crippen LogP) is 2.40. The average molecular weight is 236 g/mol. The van der Waals surface area contributed by atoms with Crippen LogP contribution in [-0.2, 0) is 6.42 Å². The van der Waals surface area contributed by atoms with Crippen molar-refractivity contribution >= 4 is 0 Å². The Hall–Kier alpha value is -1.60. The van der Waals surface area contributed by atoms with Gasteiger partial charge in [0, 0.05) is 6.04 Å². The molecule has 0 spiro atoms. The first-order valence-electron chi connectivity index (χ1n) is 5.67. The standard InChI is InChI=1S/C13H17FN2O/c1-3-12(16)7-10-6-11(14)4-5-13(10)17-9(2)8-15/h4-6,9,12H,3,7,16H2,1-2H3. The highest BCUT2D eigenvalue weighted by atomic mass is 19.1. The zero-order valence-corrected chi connectivity index (χ0v) is 10.1. The number of rotatable bonds is 5. The summed E-state index contributed by atoms with van der Waals surface area (Å²) < 4.78 is 18.6. The minimum absolute atomic E-state index is 0.0310. The van der Waals surface area contributed by atoms with Crippen LogP contribution in [0.4, 0.5) is 4.39 Å². The summed E-state index contributed by atoms with van der Waals surface area (Å²) in [4.78, 5) is 0. The smallest absolute Gasteiger partial charge is 0.181 e. The second kappa shape index (κ2) is 6.21. The number of nitrogens with two attached hydrogens (primary N) is 1. The lowest BCUT2D eigenvalue weighted by molar-refractivity contribution is 0.272. The van der Waals surface area contributed by atoms with Gasteiger partial charge in [0.05, 0.1) is 0 Å². The summed E-state index contributed by atoms with van der Waals surface area (Å²) in [5.74, 6) is 0.213. The molecule has 4 heteroatoms. The van der Waals surface area contributed by atoms with Crippen molar-refractivity contribution in [2.24, 2.45) is 5.73 Å². The Morgan fingerprint density at radius 1 is 1.53 bits per heavy atom. The van der Waals surface area contributed by atoms with Gasteiger partial charge in [-0.3, -0.25) is 0 Å². The van der Waals surface area contributed by atoms with Crippen LogP contribution in [-0.4, -0.2) is 12.1 Å². The van der Waals surface area contributed by atoms with Crippen molar-refractivity contribution in [1.82, 2.24) is 0 Å². The molecule has 2 N–H and O–H groups in total. The molecular formula is C13H17FN2O. The molecule has 0 aliphatic carbocycles. The average Bonchev–Trinajstić information content (AvgIpc) is 2.32. The molecule has 1 rings (SSSR count).